The summed E-state index contributed by atoms with van der Waals surface area (Å²) in [6.45, 7) is 3.84. The number of halogens is 1. The maximum absolute atomic E-state index is 6.03. The zero-order chi connectivity index (χ0) is 13.4. The highest BCUT2D eigenvalue weighted by molar-refractivity contribution is 6.29. The van der Waals surface area contributed by atoms with E-state index in [1.54, 1.807) is 12.3 Å². The summed E-state index contributed by atoms with van der Waals surface area (Å²) in [6.07, 6.45) is 4.00. The fourth-order valence-corrected chi connectivity index (χ4v) is 2.08. The van der Waals surface area contributed by atoms with Gasteiger partial charge in [-0.05, 0) is 26.7 Å². The van der Waals surface area contributed by atoms with Crippen molar-refractivity contribution in [1.82, 2.24) is 15.0 Å². The second-order valence-electron chi connectivity index (χ2n) is 4.88. The Morgan fingerprint density at radius 1 is 1.42 bits per heavy atom. The van der Waals surface area contributed by atoms with Gasteiger partial charge in [-0.15, -0.1) is 0 Å². The molecule has 19 heavy (non-hydrogen) atoms. The molecule has 0 radical (unpaired) electrons. The molecule has 6 heteroatoms. The Labute approximate surface area is 116 Å². The van der Waals surface area contributed by atoms with Crippen molar-refractivity contribution in [3.05, 3.63) is 34.9 Å². The molecule has 100 valence electrons. The van der Waals surface area contributed by atoms with Gasteiger partial charge in [0, 0.05) is 12.0 Å². The summed E-state index contributed by atoms with van der Waals surface area (Å²) in [5, 5.41) is 3.71. The van der Waals surface area contributed by atoms with Gasteiger partial charge in [0.1, 0.15) is 28.6 Å². The minimum atomic E-state index is -0.0632. The van der Waals surface area contributed by atoms with E-state index in [9.17, 15) is 0 Å². The molecule has 2 heterocycles. The van der Waals surface area contributed by atoms with E-state index >= 15 is 0 Å². The number of hydrogen-bond donors (Lipinski definition) is 1. The van der Waals surface area contributed by atoms with Crippen LogP contribution in [0.1, 0.15) is 49.2 Å². The summed E-state index contributed by atoms with van der Waals surface area (Å²) < 4.78 is 5.49. The van der Waals surface area contributed by atoms with E-state index in [1.165, 1.54) is 0 Å². The summed E-state index contributed by atoms with van der Waals surface area (Å²) in [5.74, 6) is 3.44. The van der Waals surface area contributed by atoms with Gasteiger partial charge in [0.2, 0.25) is 5.89 Å². The lowest BCUT2D eigenvalue weighted by Crippen LogP contribution is -2.09. The number of oxazole rings is 1. The highest BCUT2D eigenvalue weighted by Gasteiger charge is 2.27. The summed E-state index contributed by atoms with van der Waals surface area (Å²) in [4.78, 5) is 12.9. The monoisotopic (exact) mass is 278 g/mol. The summed E-state index contributed by atoms with van der Waals surface area (Å²) in [5.41, 5.74) is 0. The molecule has 1 atom stereocenters. The van der Waals surface area contributed by atoms with Gasteiger partial charge in [0.25, 0.3) is 0 Å². The molecule has 0 aliphatic heterocycles. The van der Waals surface area contributed by atoms with Crippen LogP contribution in [0.25, 0.3) is 0 Å². The molecule has 2 aromatic rings. The van der Waals surface area contributed by atoms with Crippen molar-refractivity contribution >= 4 is 17.4 Å². The lowest BCUT2D eigenvalue weighted by Gasteiger charge is -2.12. The third kappa shape index (κ3) is 2.87. The first-order valence-electron chi connectivity index (χ1n) is 6.35. The van der Waals surface area contributed by atoms with Crippen LogP contribution >= 0.6 is 11.6 Å². The molecular weight excluding hydrogens is 264 g/mol. The number of aromatic nitrogens is 3. The number of rotatable bonds is 4. The molecule has 5 nitrogen and oxygen atoms in total. The fraction of sp³-hybridized carbons (Fsp3) is 0.462. The number of nitrogens with zero attached hydrogens (tertiary/aromatic N) is 3. The first-order valence-corrected chi connectivity index (χ1v) is 6.73. The molecule has 1 N–H and O–H groups in total. The van der Waals surface area contributed by atoms with E-state index in [2.05, 4.69) is 20.3 Å². The number of aryl methyl sites for hydroxylation is 1. The Morgan fingerprint density at radius 2 is 2.21 bits per heavy atom. The molecular formula is C13H15ClN4O. The average Bonchev–Trinajstić information content (AvgIpc) is 3.11. The van der Waals surface area contributed by atoms with Crippen molar-refractivity contribution in [2.24, 2.45) is 0 Å². The van der Waals surface area contributed by atoms with Crippen LogP contribution in [0.3, 0.4) is 0 Å². The molecule has 0 saturated heterocycles. The predicted octanol–water partition coefficient (Wildman–Crippen LogP) is 3.48. The van der Waals surface area contributed by atoms with E-state index in [-0.39, 0.29) is 6.04 Å². The first-order chi connectivity index (χ1) is 9.11. The van der Waals surface area contributed by atoms with Gasteiger partial charge in [-0.3, -0.25) is 0 Å². The Balaban J connectivity index is 1.78. The Bertz CT molecular complexity index is 594. The third-order valence-corrected chi connectivity index (χ3v) is 3.22. The molecule has 1 saturated carbocycles. The largest absolute Gasteiger partial charge is 0.444 e. The Hall–Kier alpha value is -1.62. The fourth-order valence-electron chi connectivity index (χ4n) is 1.89. The SMILES string of the molecule is Cc1cnc(C(C)Nc2cc(Cl)nc(C3CC3)n2)o1. The van der Waals surface area contributed by atoms with E-state index in [0.29, 0.717) is 22.8 Å². The minimum Gasteiger partial charge on any atom is -0.444 e. The van der Waals surface area contributed by atoms with Gasteiger partial charge in [0.05, 0.1) is 6.20 Å². The van der Waals surface area contributed by atoms with Gasteiger partial charge in [0.15, 0.2) is 0 Å². The van der Waals surface area contributed by atoms with Crippen LogP contribution in [0.2, 0.25) is 5.15 Å². The van der Waals surface area contributed by atoms with Crippen LogP contribution in [0.4, 0.5) is 5.82 Å². The lowest BCUT2D eigenvalue weighted by atomic mass is 10.3. The van der Waals surface area contributed by atoms with Gasteiger partial charge < -0.3 is 9.73 Å². The highest BCUT2D eigenvalue weighted by atomic mass is 35.5. The molecule has 1 aliphatic carbocycles. The average molecular weight is 279 g/mol. The smallest absolute Gasteiger partial charge is 0.216 e. The molecule has 0 amide bonds. The van der Waals surface area contributed by atoms with E-state index in [4.69, 9.17) is 16.0 Å². The highest BCUT2D eigenvalue weighted by Crippen LogP contribution is 2.39. The van der Waals surface area contributed by atoms with Gasteiger partial charge >= 0.3 is 0 Å². The molecule has 0 aromatic carbocycles. The maximum atomic E-state index is 6.03. The molecule has 1 fully saturated rings. The zero-order valence-corrected chi connectivity index (χ0v) is 11.6. The number of nitrogens with one attached hydrogen (secondary N) is 1. The topological polar surface area (TPSA) is 63.8 Å². The molecule has 1 unspecified atom stereocenters. The van der Waals surface area contributed by atoms with Crippen LogP contribution in [-0.2, 0) is 0 Å². The normalized spacial score (nSPS) is 16.4. The lowest BCUT2D eigenvalue weighted by molar-refractivity contribution is 0.453. The second kappa shape index (κ2) is 4.81. The molecule has 0 spiro atoms. The van der Waals surface area contributed by atoms with E-state index in [0.717, 1.165) is 24.4 Å². The number of hydrogen-bond acceptors (Lipinski definition) is 5. The van der Waals surface area contributed by atoms with Crippen molar-refractivity contribution in [3.63, 3.8) is 0 Å². The van der Waals surface area contributed by atoms with Gasteiger partial charge in [-0.1, -0.05) is 11.6 Å². The zero-order valence-electron chi connectivity index (χ0n) is 10.9. The predicted molar refractivity (Wildman–Crippen MR) is 72.3 cm³/mol. The van der Waals surface area contributed by atoms with Crippen LogP contribution in [0.5, 0.6) is 0 Å². The van der Waals surface area contributed by atoms with Crippen molar-refractivity contribution < 1.29 is 4.42 Å². The van der Waals surface area contributed by atoms with Gasteiger partial charge in [-0.25, -0.2) is 15.0 Å². The van der Waals surface area contributed by atoms with E-state index in [1.807, 2.05) is 13.8 Å². The summed E-state index contributed by atoms with van der Waals surface area (Å²) in [6, 6.07) is 1.66. The van der Waals surface area contributed by atoms with Crippen molar-refractivity contribution in [1.29, 1.82) is 0 Å². The van der Waals surface area contributed by atoms with Crippen LogP contribution < -0.4 is 5.32 Å². The molecule has 2 aromatic heterocycles. The molecule has 3 rings (SSSR count). The van der Waals surface area contributed by atoms with Crippen LogP contribution in [0, 0.1) is 6.92 Å². The van der Waals surface area contributed by atoms with Gasteiger partial charge in [-0.2, -0.15) is 0 Å². The summed E-state index contributed by atoms with van der Waals surface area (Å²) >= 11 is 6.03. The van der Waals surface area contributed by atoms with Crippen LogP contribution in [0.15, 0.2) is 16.7 Å². The van der Waals surface area contributed by atoms with E-state index < -0.39 is 0 Å². The minimum absolute atomic E-state index is 0.0632. The Morgan fingerprint density at radius 3 is 2.84 bits per heavy atom. The van der Waals surface area contributed by atoms with Crippen molar-refractivity contribution in [3.8, 4) is 0 Å². The van der Waals surface area contributed by atoms with Crippen molar-refractivity contribution in [2.45, 2.75) is 38.6 Å². The van der Waals surface area contributed by atoms with Crippen LogP contribution in [-0.4, -0.2) is 15.0 Å². The molecule has 1 aliphatic rings. The maximum Gasteiger partial charge on any atom is 0.216 e. The van der Waals surface area contributed by atoms with Crippen molar-refractivity contribution in [2.75, 3.05) is 5.32 Å². The third-order valence-electron chi connectivity index (χ3n) is 3.03. The number of anilines is 1. The molecule has 0 bridgehead atoms. The Kier molecular flexibility index (Phi) is 3.14. The summed E-state index contributed by atoms with van der Waals surface area (Å²) in [7, 11) is 0. The second-order valence-corrected chi connectivity index (χ2v) is 5.27. The quantitative estimate of drug-likeness (QED) is 0.868. The first kappa shape index (κ1) is 12.4. The standard InChI is InChI=1S/C13H15ClN4O/c1-7-6-15-13(19-7)8(2)16-11-5-10(14)17-12(18-11)9-3-4-9/h5-6,8-9H,3-4H2,1-2H3,(H,16,17,18).